The van der Waals surface area contributed by atoms with Gasteiger partial charge in [0.1, 0.15) is 0 Å². The smallest absolute Gasteiger partial charge is 0.210 e. The van der Waals surface area contributed by atoms with Gasteiger partial charge in [-0.2, -0.15) is 0 Å². The van der Waals surface area contributed by atoms with Gasteiger partial charge in [-0.05, 0) is 37.5 Å². The summed E-state index contributed by atoms with van der Waals surface area (Å²) in [5.41, 5.74) is 6.03. The number of benzene rings is 1. The molecule has 1 aliphatic rings. The van der Waals surface area contributed by atoms with Gasteiger partial charge in [0.25, 0.3) is 0 Å². The molecule has 0 atom stereocenters. The number of rotatable bonds is 8. The number of amides is 1. The van der Waals surface area contributed by atoms with Crippen molar-refractivity contribution in [1.29, 1.82) is 0 Å². The monoisotopic (exact) mass is 341 g/mol. The molecule has 4 heteroatoms. The van der Waals surface area contributed by atoms with Crippen molar-refractivity contribution in [3.05, 3.63) is 52.9 Å². The number of carbonyl (C=O) groups excluding carboxylic acids is 1. The minimum absolute atomic E-state index is 0.664. The van der Waals surface area contributed by atoms with Crippen LogP contribution in [0.4, 0.5) is 5.69 Å². The molecule has 0 saturated heterocycles. The van der Waals surface area contributed by atoms with E-state index in [2.05, 4.69) is 68.4 Å². The Morgan fingerprint density at radius 2 is 2.16 bits per heavy atom. The predicted molar refractivity (Wildman–Crippen MR) is 105 cm³/mol. The third-order valence-electron chi connectivity index (χ3n) is 4.54. The van der Waals surface area contributed by atoms with Crippen LogP contribution in [0.25, 0.3) is 0 Å². The zero-order chi connectivity index (χ0) is 18.2. The Morgan fingerprint density at radius 3 is 2.80 bits per heavy atom. The van der Waals surface area contributed by atoms with Crippen LogP contribution in [0.1, 0.15) is 38.7 Å². The second-order valence-electron chi connectivity index (χ2n) is 6.69. The molecule has 1 aromatic rings. The number of nitrogens with one attached hydrogen (secondary N) is 1. The largest absolute Gasteiger partial charge is 0.378 e. The van der Waals surface area contributed by atoms with Crippen LogP contribution in [0.15, 0.2) is 47.3 Å². The molecule has 1 N–H and O–H groups in total. The van der Waals surface area contributed by atoms with Crippen LogP contribution in [-0.2, 0) is 4.79 Å². The van der Waals surface area contributed by atoms with Crippen molar-refractivity contribution < 1.29 is 4.79 Å². The van der Waals surface area contributed by atoms with Gasteiger partial charge < -0.3 is 15.1 Å². The van der Waals surface area contributed by atoms with Gasteiger partial charge in [0.05, 0.1) is 0 Å². The molecular weight excluding hydrogens is 310 g/mol. The Balaban J connectivity index is 2.39. The van der Waals surface area contributed by atoms with Gasteiger partial charge >= 0.3 is 0 Å². The number of anilines is 1. The molecule has 136 valence electrons. The first-order valence-electron chi connectivity index (χ1n) is 9.25. The summed E-state index contributed by atoms with van der Waals surface area (Å²) in [4.78, 5) is 15.5. The van der Waals surface area contributed by atoms with E-state index in [1.54, 1.807) is 0 Å². The molecule has 0 unspecified atom stereocenters. The van der Waals surface area contributed by atoms with Crippen molar-refractivity contribution in [3.8, 4) is 0 Å². The summed E-state index contributed by atoms with van der Waals surface area (Å²) >= 11 is 0. The molecule has 0 aliphatic carbocycles. The summed E-state index contributed by atoms with van der Waals surface area (Å²) in [7, 11) is 2.16. The molecule has 0 aromatic heterocycles. The van der Waals surface area contributed by atoms with Gasteiger partial charge in [-0.25, -0.2) is 0 Å². The van der Waals surface area contributed by atoms with Crippen LogP contribution in [-0.4, -0.2) is 42.9 Å². The quantitative estimate of drug-likeness (QED) is 0.721. The lowest BCUT2D eigenvalue weighted by molar-refractivity contribution is -0.118. The Kier molecular flexibility index (Phi) is 7.11. The molecule has 0 bridgehead atoms. The van der Waals surface area contributed by atoms with Gasteiger partial charge in [0.2, 0.25) is 6.41 Å². The fraction of sp³-hybridized carbons (Fsp3) is 0.476. The molecule has 0 saturated carbocycles. The molecular formula is C21H31N3O. The van der Waals surface area contributed by atoms with Crippen molar-refractivity contribution in [2.24, 2.45) is 0 Å². The van der Waals surface area contributed by atoms with Crippen LogP contribution in [0.5, 0.6) is 0 Å². The van der Waals surface area contributed by atoms with Crippen molar-refractivity contribution in [2.45, 2.75) is 40.0 Å². The van der Waals surface area contributed by atoms with Crippen LogP contribution < -0.4 is 5.32 Å². The molecule has 4 nitrogen and oxygen atoms in total. The summed E-state index contributed by atoms with van der Waals surface area (Å²) in [6.07, 6.45) is 6.16. The Hall–Kier alpha value is -2.23. The SMILES string of the molecule is CC/C=C(\Nc1cccc(C)c1)C1=C(N(C)CCC)CCN(C=O)C1. The van der Waals surface area contributed by atoms with Gasteiger partial charge in [-0.15, -0.1) is 0 Å². The normalized spacial score (nSPS) is 15.4. The van der Waals surface area contributed by atoms with Crippen molar-refractivity contribution >= 4 is 12.1 Å². The maximum absolute atomic E-state index is 11.3. The van der Waals surface area contributed by atoms with E-state index < -0.39 is 0 Å². The summed E-state index contributed by atoms with van der Waals surface area (Å²) < 4.78 is 0. The van der Waals surface area contributed by atoms with Gasteiger partial charge in [0.15, 0.2) is 0 Å². The number of hydrogen-bond donors (Lipinski definition) is 1. The van der Waals surface area contributed by atoms with Gasteiger partial charge in [0, 0.05) is 55.8 Å². The van der Waals surface area contributed by atoms with E-state index in [-0.39, 0.29) is 0 Å². The molecule has 2 rings (SSSR count). The highest BCUT2D eigenvalue weighted by atomic mass is 16.1. The third kappa shape index (κ3) is 5.12. The average Bonchev–Trinajstić information content (AvgIpc) is 2.61. The van der Waals surface area contributed by atoms with Gasteiger partial charge in [-0.3, -0.25) is 4.79 Å². The first-order chi connectivity index (χ1) is 12.1. The Labute approximate surface area is 152 Å². The first-order valence-corrected chi connectivity index (χ1v) is 9.25. The molecule has 1 aliphatic heterocycles. The van der Waals surface area contributed by atoms with Crippen LogP contribution in [0, 0.1) is 6.92 Å². The minimum Gasteiger partial charge on any atom is -0.378 e. The Bertz CT molecular complexity index is 648. The van der Waals surface area contributed by atoms with E-state index in [1.165, 1.54) is 16.8 Å². The second kappa shape index (κ2) is 9.30. The molecule has 1 amide bonds. The molecule has 0 radical (unpaired) electrons. The molecule has 1 aromatic carbocycles. The van der Waals surface area contributed by atoms with E-state index in [1.807, 2.05) is 4.90 Å². The number of aryl methyl sites for hydroxylation is 1. The number of hydrogen-bond acceptors (Lipinski definition) is 3. The lowest BCUT2D eigenvalue weighted by Gasteiger charge is -2.34. The second-order valence-corrected chi connectivity index (χ2v) is 6.69. The number of allylic oxidation sites excluding steroid dienone is 1. The predicted octanol–water partition coefficient (Wildman–Crippen LogP) is 4.16. The topological polar surface area (TPSA) is 35.6 Å². The van der Waals surface area contributed by atoms with Crippen LogP contribution >= 0.6 is 0 Å². The number of nitrogens with zero attached hydrogens (tertiary/aromatic N) is 2. The van der Waals surface area contributed by atoms with Crippen molar-refractivity contribution in [2.75, 3.05) is 32.0 Å². The van der Waals surface area contributed by atoms with Gasteiger partial charge in [-0.1, -0.05) is 32.1 Å². The number of carbonyl (C=O) groups is 1. The summed E-state index contributed by atoms with van der Waals surface area (Å²) in [5.74, 6) is 0. The molecule has 25 heavy (non-hydrogen) atoms. The highest BCUT2D eigenvalue weighted by Crippen LogP contribution is 2.27. The minimum atomic E-state index is 0.664. The maximum Gasteiger partial charge on any atom is 0.210 e. The lowest BCUT2D eigenvalue weighted by Crippen LogP contribution is -2.36. The Morgan fingerprint density at radius 1 is 1.36 bits per heavy atom. The molecule has 0 fully saturated rings. The first kappa shape index (κ1) is 19.1. The highest BCUT2D eigenvalue weighted by molar-refractivity contribution is 5.58. The molecule has 0 spiro atoms. The lowest BCUT2D eigenvalue weighted by atomic mass is 10.0. The van der Waals surface area contributed by atoms with E-state index in [0.717, 1.165) is 50.1 Å². The van der Waals surface area contributed by atoms with E-state index in [4.69, 9.17) is 0 Å². The fourth-order valence-electron chi connectivity index (χ4n) is 3.33. The van der Waals surface area contributed by atoms with E-state index in [0.29, 0.717) is 6.54 Å². The zero-order valence-electron chi connectivity index (χ0n) is 16.0. The standard InChI is InChI=1S/C21H31N3O/c1-5-8-20(22-18-10-7-9-17(3)14-18)19-15-24(16-25)13-11-21(19)23(4)12-6-2/h7-10,14,16,22H,5-6,11-13,15H2,1-4H3/b20-8-. The summed E-state index contributed by atoms with van der Waals surface area (Å²) in [6, 6.07) is 8.41. The van der Waals surface area contributed by atoms with E-state index >= 15 is 0 Å². The highest BCUT2D eigenvalue weighted by Gasteiger charge is 2.23. The maximum atomic E-state index is 11.3. The summed E-state index contributed by atoms with van der Waals surface area (Å²) in [5, 5.41) is 3.60. The molecule has 1 heterocycles. The van der Waals surface area contributed by atoms with Crippen LogP contribution in [0.2, 0.25) is 0 Å². The summed E-state index contributed by atoms with van der Waals surface area (Å²) in [6.45, 7) is 8.93. The fourth-order valence-corrected chi connectivity index (χ4v) is 3.33. The average molecular weight is 341 g/mol. The van der Waals surface area contributed by atoms with Crippen molar-refractivity contribution in [1.82, 2.24) is 9.80 Å². The van der Waals surface area contributed by atoms with Crippen LogP contribution in [0.3, 0.4) is 0 Å². The van der Waals surface area contributed by atoms with Crippen molar-refractivity contribution in [3.63, 3.8) is 0 Å². The third-order valence-corrected chi connectivity index (χ3v) is 4.54. The zero-order valence-corrected chi connectivity index (χ0v) is 16.0. The van der Waals surface area contributed by atoms with E-state index in [9.17, 15) is 4.79 Å².